The minimum absolute atomic E-state index is 0.672. The van der Waals surface area contributed by atoms with Gasteiger partial charge in [-0.3, -0.25) is 0 Å². The first kappa shape index (κ1) is 20.8. The molecular formula is C30H27N3. The monoisotopic (exact) mass is 429 g/mol. The van der Waals surface area contributed by atoms with Crippen molar-refractivity contribution in [1.82, 2.24) is 4.98 Å². The Bertz CT molecular complexity index is 1500. The molecule has 1 heterocycles. The van der Waals surface area contributed by atoms with E-state index in [4.69, 9.17) is 5.26 Å². The van der Waals surface area contributed by atoms with Crippen molar-refractivity contribution in [2.75, 3.05) is 18.0 Å². The molecule has 0 saturated carbocycles. The van der Waals surface area contributed by atoms with Crippen LogP contribution in [-0.2, 0) is 0 Å². The van der Waals surface area contributed by atoms with Gasteiger partial charge in [0.25, 0.3) is 0 Å². The first-order valence-electron chi connectivity index (χ1n) is 11.5. The number of anilines is 1. The third-order valence-corrected chi connectivity index (χ3v) is 6.60. The van der Waals surface area contributed by atoms with Crippen molar-refractivity contribution in [3.05, 3.63) is 90.0 Å². The Balaban J connectivity index is 1.69. The zero-order valence-corrected chi connectivity index (χ0v) is 19.3. The van der Waals surface area contributed by atoms with E-state index in [0.717, 1.165) is 29.9 Å². The first-order chi connectivity index (χ1) is 16.1. The zero-order valence-electron chi connectivity index (χ0n) is 19.3. The average molecular weight is 430 g/mol. The summed E-state index contributed by atoms with van der Waals surface area (Å²) in [6, 6.07) is 29.9. The molecule has 0 amide bonds. The number of nitrogens with one attached hydrogen (secondary N) is 1. The van der Waals surface area contributed by atoms with Gasteiger partial charge in [-0.2, -0.15) is 5.26 Å². The summed E-state index contributed by atoms with van der Waals surface area (Å²) in [5.41, 5.74) is 8.99. The maximum atomic E-state index is 9.11. The van der Waals surface area contributed by atoms with E-state index >= 15 is 0 Å². The van der Waals surface area contributed by atoms with Gasteiger partial charge in [0.1, 0.15) is 0 Å². The van der Waals surface area contributed by atoms with Gasteiger partial charge in [0, 0.05) is 35.4 Å². The Morgan fingerprint density at radius 2 is 1.52 bits per heavy atom. The Hall–Kier alpha value is -4.03. The third-order valence-electron chi connectivity index (χ3n) is 6.60. The summed E-state index contributed by atoms with van der Waals surface area (Å²) in [4.78, 5) is 6.01. The SMILES string of the molecule is CCN(CC)c1ccc(-c2cc3[nH]c(-c4ccc(C#N)cc4)cc3c3ccccc23)c(C)c1. The number of aromatic nitrogens is 1. The lowest BCUT2D eigenvalue weighted by Crippen LogP contribution is -2.21. The van der Waals surface area contributed by atoms with Gasteiger partial charge in [0.05, 0.1) is 11.6 Å². The molecule has 0 spiro atoms. The molecule has 3 nitrogen and oxygen atoms in total. The molecule has 1 aromatic heterocycles. The standard InChI is InChI=1S/C30H27N3/c1-4-33(5-2)23-14-15-24(20(3)16-23)27-17-30-28(26-9-7-6-8-25(26)27)18-29(32-30)22-12-10-21(19-31)11-13-22/h6-18,32H,4-5H2,1-3H3. The third kappa shape index (κ3) is 3.64. The fraction of sp³-hybridized carbons (Fsp3) is 0.167. The van der Waals surface area contributed by atoms with Crippen molar-refractivity contribution in [1.29, 1.82) is 5.26 Å². The molecular weight excluding hydrogens is 402 g/mol. The Morgan fingerprint density at radius 3 is 2.18 bits per heavy atom. The zero-order chi connectivity index (χ0) is 22.9. The van der Waals surface area contributed by atoms with Crippen LogP contribution in [-0.4, -0.2) is 18.1 Å². The second kappa shape index (κ2) is 8.48. The molecule has 3 heteroatoms. The maximum Gasteiger partial charge on any atom is 0.0991 e. The molecule has 0 bridgehead atoms. The minimum Gasteiger partial charge on any atom is -0.372 e. The number of hydrogen-bond donors (Lipinski definition) is 1. The largest absolute Gasteiger partial charge is 0.372 e. The smallest absolute Gasteiger partial charge is 0.0991 e. The van der Waals surface area contributed by atoms with Crippen molar-refractivity contribution in [2.45, 2.75) is 20.8 Å². The molecule has 4 aromatic carbocycles. The Labute approximate surface area is 194 Å². The van der Waals surface area contributed by atoms with Crippen LogP contribution < -0.4 is 4.90 Å². The van der Waals surface area contributed by atoms with Crippen LogP contribution in [0.1, 0.15) is 25.0 Å². The maximum absolute atomic E-state index is 9.11. The lowest BCUT2D eigenvalue weighted by molar-refractivity contribution is 0.866. The first-order valence-corrected chi connectivity index (χ1v) is 11.5. The van der Waals surface area contributed by atoms with E-state index in [9.17, 15) is 0 Å². The second-order valence-corrected chi connectivity index (χ2v) is 8.47. The number of benzene rings is 4. The average Bonchev–Trinajstić information content (AvgIpc) is 3.29. The normalized spacial score (nSPS) is 11.1. The molecule has 0 saturated heterocycles. The van der Waals surface area contributed by atoms with Gasteiger partial charge < -0.3 is 9.88 Å². The lowest BCUT2D eigenvalue weighted by atomic mass is 9.93. The van der Waals surface area contributed by atoms with Crippen LogP contribution in [0.4, 0.5) is 5.69 Å². The second-order valence-electron chi connectivity index (χ2n) is 8.47. The van der Waals surface area contributed by atoms with Gasteiger partial charge in [-0.1, -0.05) is 42.5 Å². The van der Waals surface area contributed by atoms with E-state index in [-0.39, 0.29) is 0 Å². The highest BCUT2D eigenvalue weighted by Crippen LogP contribution is 2.38. The number of aromatic amines is 1. The quantitative estimate of drug-likeness (QED) is 0.311. The molecule has 0 aliphatic heterocycles. The van der Waals surface area contributed by atoms with E-state index in [1.165, 1.54) is 38.5 Å². The number of hydrogen-bond acceptors (Lipinski definition) is 2. The lowest BCUT2D eigenvalue weighted by Gasteiger charge is -2.22. The summed E-state index contributed by atoms with van der Waals surface area (Å²) in [6.45, 7) is 8.61. The molecule has 5 aromatic rings. The molecule has 0 fully saturated rings. The Morgan fingerprint density at radius 1 is 0.788 bits per heavy atom. The fourth-order valence-electron chi connectivity index (χ4n) is 4.82. The molecule has 0 atom stereocenters. The van der Waals surface area contributed by atoms with Crippen LogP contribution in [0.15, 0.2) is 78.9 Å². The topological polar surface area (TPSA) is 42.8 Å². The van der Waals surface area contributed by atoms with E-state index < -0.39 is 0 Å². The Kier molecular flexibility index (Phi) is 5.36. The van der Waals surface area contributed by atoms with Crippen LogP contribution in [0, 0.1) is 18.3 Å². The van der Waals surface area contributed by atoms with Crippen LogP contribution in [0.5, 0.6) is 0 Å². The van der Waals surface area contributed by atoms with Gasteiger partial charge in [-0.05, 0) is 90.2 Å². The summed E-state index contributed by atoms with van der Waals surface area (Å²) in [5, 5.41) is 12.8. The van der Waals surface area contributed by atoms with E-state index in [0.29, 0.717) is 5.56 Å². The summed E-state index contributed by atoms with van der Waals surface area (Å²) in [7, 11) is 0. The van der Waals surface area contributed by atoms with E-state index in [1.807, 2.05) is 24.3 Å². The molecule has 0 aliphatic rings. The molecule has 1 N–H and O–H groups in total. The predicted octanol–water partition coefficient (Wildman–Crippen LogP) is 7.68. The number of H-pyrrole nitrogens is 1. The minimum atomic E-state index is 0.672. The van der Waals surface area contributed by atoms with Crippen molar-refractivity contribution in [3.63, 3.8) is 0 Å². The summed E-state index contributed by atoms with van der Waals surface area (Å²) >= 11 is 0. The highest BCUT2D eigenvalue weighted by Gasteiger charge is 2.14. The van der Waals surface area contributed by atoms with Crippen LogP contribution in [0.2, 0.25) is 0 Å². The van der Waals surface area contributed by atoms with Gasteiger partial charge in [-0.25, -0.2) is 0 Å². The fourth-order valence-corrected chi connectivity index (χ4v) is 4.82. The van der Waals surface area contributed by atoms with Crippen LogP contribution in [0.3, 0.4) is 0 Å². The van der Waals surface area contributed by atoms with Crippen molar-refractivity contribution in [2.24, 2.45) is 0 Å². The van der Waals surface area contributed by atoms with Crippen molar-refractivity contribution in [3.8, 4) is 28.5 Å². The van der Waals surface area contributed by atoms with E-state index in [1.54, 1.807) is 0 Å². The van der Waals surface area contributed by atoms with Gasteiger partial charge in [-0.15, -0.1) is 0 Å². The summed E-state index contributed by atoms with van der Waals surface area (Å²) < 4.78 is 0. The van der Waals surface area contributed by atoms with Crippen molar-refractivity contribution >= 4 is 27.4 Å². The summed E-state index contributed by atoms with van der Waals surface area (Å²) in [5.74, 6) is 0. The van der Waals surface area contributed by atoms with Gasteiger partial charge >= 0.3 is 0 Å². The number of nitrogens with zero attached hydrogens (tertiary/aromatic N) is 2. The molecule has 5 rings (SSSR count). The molecule has 162 valence electrons. The van der Waals surface area contributed by atoms with Crippen LogP contribution >= 0.6 is 0 Å². The highest BCUT2D eigenvalue weighted by molar-refractivity contribution is 6.14. The summed E-state index contributed by atoms with van der Waals surface area (Å²) in [6.07, 6.45) is 0. The highest BCUT2D eigenvalue weighted by atomic mass is 15.1. The number of rotatable bonds is 5. The van der Waals surface area contributed by atoms with Gasteiger partial charge in [0.2, 0.25) is 0 Å². The molecule has 33 heavy (non-hydrogen) atoms. The molecule has 0 radical (unpaired) electrons. The van der Waals surface area contributed by atoms with Crippen molar-refractivity contribution < 1.29 is 0 Å². The molecule has 0 unspecified atom stereocenters. The predicted molar refractivity (Wildman–Crippen MR) is 140 cm³/mol. The van der Waals surface area contributed by atoms with Gasteiger partial charge in [0.15, 0.2) is 0 Å². The number of fused-ring (bicyclic) bond motifs is 3. The number of aryl methyl sites for hydroxylation is 1. The van der Waals surface area contributed by atoms with Crippen LogP contribution in [0.25, 0.3) is 44.1 Å². The molecule has 0 aliphatic carbocycles. The number of nitriles is 1. The van der Waals surface area contributed by atoms with E-state index in [2.05, 4.69) is 91.3 Å².